The van der Waals surface area contributed by atoms with Crippen molar-refractivity contribution in [3.8, 4) is 0 Å². The Morgan fingerprint density at radius 2 is 1.83 bits per heavy atom. The number of halogens is 3. The first-order chi connectivity index (χ1) is 11.4. The highest BCUT2D eigenvalue weighted by atomic mass is 19.4. The number of pyridine rings is 1. The minimum atomic E-state index is -4.41. The normalized spacial score (nSPS) is 12.6. The van der Waals surface area contributed by atoms with Crippen LogP contribution in [0.3, 0.4) is 0 Å². The number of nitrogens with zero attached hydrogens (tertiary/aromatic N) is 1. The van der Waals surface area contributed by atoms with Crippen molar-refractivity contribution in [2.75, 3.05) is 13.2 Å². The van der Waals surface area contributed by atoms with E-state index in [1.165, 1.54) is 12.3 Å². The van der Waals surface area contributed by atoms with Crippen LogP contribution < -0.4 is 0 Å². The minimum Gasteiger partial charge on any atom is -0.455 e. The van der Waals surface area contributed by atoms with Crippen LogP contribution in [0, 0.1) is 0 Å². The van der Waals surface area contributed by atoms with E-state index in [4.69, 9.17) is 13.9 Å². The molecule has 0 radical (unpaired) electrons. The van der Waals surface area contributed by atoms with Crippen LogP contribution in [0.4, 0.5) is 13.2 Å². The first-order valence-electron chi connectivity index (χ1n) is 7.56. The number of aromatic nitrogens is 1. The van der Waals surface area contributed by atoms with Gasteiger partial charge in [-0.3, -0.25) is 4.98 Å². The van der Waals surface area contributed by atoms with Gasteiger partial charge in [0.05, 0.1) is 11.1 Å². The summed E-state index contributed by atoms with van der Waals surface area (Å²) in [5.41, 5.74) is -0.0501. The summed E-state index contributed by atoms with van der Waals surface area (Å²) in [7, 11) is 0. The zero-order valence-corrected chi connectivity index (χ0v) is 13.2. The molecule has 0 bridgehead atoms. The van der Waals surface area contributed by atoms with Crippen LogP contribution in [-0.4, -0.2) is 18.2 Å². The Hall–Kier alpha value is -2.12. The summed E-state index contributed by atoms with van der Waals surface area (Å²) in [6, 6.07) is 5.14. The SMILES string of the molecule is CCOC(OCC)c1cc2cnc3cc(C(F)(F)F)ccc3c2o1. The molecule has 0 aliphatic rings. The van der Waals surface area contributed by atoms with Gasteiger partial charge in [-0.05, 0) is 38.1 Å². The van der Waals surface area contributed by atoms with Crippen molar-refractivity contribution in [2.24, 2.45) is 0 Å². The maximum atomic E-state index is 12.8. The molecule has 0 amide bonds. The predicted octanol–water partition coefficient (Wildman–Crippen LogP) is 5.07. The van der Waals surface area contributed by atoms with Crippen molar-refractivity contribution in [1.82, 2.24) is 4.98 Å². The number of benzene rings is 1. The van der Waals surface area contributed by atoms with Gasteiger partial charge in [0, 0.05) is 30.2 Å². The molecule has 0 unspecified atom stereocenters. The standard InChI is InChI=1S/C17H16F3NO3/c1-3-22-16(23-4-2)14-7-10-9-21-13-8-11(17(18,19)20)5-6-12(13)15(10)24-14/h5-9,16H,3-4H2,1-2H3. The van der Waals surface area contributed by atoms with E-state index in [2.05, 4.69) is 4.98 Å². The van der Waals surface area contributed by atoms with E-state index in [1.54, 1.807) is 6.07 Å². The number of rotatable bonds is 5. The molecule has 4 nitrogen and oxygen atoms in total. The van der Waals surface area contributed by atoms with Gasteiger partial charge in [0.25, 0.3) is 0 Å². The molecule has 7 heteroatoms. The molecule has 0 saturated heterocycles. The van der Waals surface area contributed by atoms with E-state index in [1.807, 2.05) is 13.8 Å². The molecule has 0 spiro atoms. The van der Waals surface area contributed by atoms with Gasteiger partial charge in [0.15, 0.2) is 5.76 Å². The maximum Gasteiger partial charge on any atom is 0.416 e. The van der Waals surface area contributed by atoms with Crippen molar-refractivity contribution < 1.29 is 27.1 Å². The number of furan rings is 1. The van der Waals surface area contributed by atoms with Crippen molar-refractivity contribution in [3.05, 3.63) is 41.8 Å². The minimum absolute atomic E-state index is 0.225. The summed E-state index contributed by atoms with van der Waals surface area (Å²) in [5, 5.41) is 1.19. The van der Waals surface area contributed by atoms with Crippen LogP contribution in [0.1, 0.15) is 31.5 Å². The molecule has 128 valence electrons. The van der Waals surface area contributed by atoms with E-state index in [9.17, 15) is 13.2 Å². The van der Waals surface area contributed by atoms with Crippen molar-refractivity contribution in [2.45, 2.75) is 26.3 Å². The zero-order valence-electron chi connectivity index (χ0n) is 13.2. The Kier molecular flexibility index (Phi) is 4.47. The Labute approximate surface area is 136 Å². The van der Waals surface area contributed by atoms with Crippen molar-refractivity contribution in [3.63, 3.8) is 0 Å². The number of alkyl halides is 3. The summed E-state index contributed by atoms with van der Waals surface area (Å²) in [6.45, 7) is 4.56. The molecule has 0 aliphatic heterocycles. The molecule has 3 aromatic rings. The summed E-state index contributed by atoms with van der Waals surface area (Å²) >= 11 is 0. The molecular formula is C17H16F3NO3. The van der Waals surface area contributed by atoms with Crippen LogP contribution in [0.15, 0.2) is 34.9 Å². The van der Waals surface area contributed by atoms with Crippen LogP contribution in [0.25, 0.3) is 21.9 Å². The molecule has 24 heavy (non-hydrogen) atoms. The van der Waals surface area contributed by atoms with Crippen molar-refractivity contribution in [1.29, 1.82) is 0 Å². The van der Waals surface area contributed by atoms with Crippen LogP contribution in [0.5, 0.6) is 0 Å². The Morgan fingerprint density at radius 1 is 1.12 bits per heavy atom. The third kappa shape index (κ3) is 3.09. The Bertz CT molecular complexity index is 851. The fourth-order valence-corrected chi connectivity index (χ4v) is 2.51. The highest BCUT2D eigenvalue weighted by molar-refractivity contribution is 6.02. The monoisotopic (exact) mass is 339 g/mol. The molecule has 1 aromatic carbocycles. The second-order valence-corrected chi connectivity index (χ2v) is 5.16. The molecule has 0 N–H and O–H groups in total. The van der Waals surface area contributed by atoms with E-state index in [-0.39, 0.29) is 5.52 Å². The van der Waals surface area contributed by atoms with E-state index >= 15 is 0 Å². The summed E-state index contributed by atoms with van der Waals surface area (Å²) in [5.74, 6) is 0.461. The lowest BCUT2D eigenvalue weighted by Gasteiger charge is -2.13. The first-order valence-corrected chi connectivity index (χ1v) is 7.56. The molecule has 0 atom stereocenters. The van der Waals surface area contributed by atoms with Crippen LogP contribution >= 0.6 is 0 Å². The highest BCUT2D eigenvalue weighted by Gasteiger charge is 2.31. The van der Waals surface area contributed by atoms with Gasteiger partial charge in [0.1, 0.15) is 5.58 Å². The molecule has 3 rings (SSSR count). The number of hydrogen-bond acceptors (Lipinski definition) is 4. The average Bonchev–Trinajstić information content (AvgIpc) is 2.97. The van der Waals surface area contributed by atoms with Crippen LogP contribution in [0.2, 0.25) is 0 Å². The van der Waals surface area contributed by atoms with Gasteiger partial charge in [-0.15, -0.1) is 0 Å². The summed E-state index contributed by atoms with van der Waals surface area (Å²) in [6.07, 6.45) is -3.58. The largest absolute Gasteiger partial charge is 0.455 e. The third-order valence-electron chi connectivity index (χ3n) is 3.56. The highest BCUT2D eigenvalue weighted by Crippen LogP contribution is 2.35. The van der Waals surface area contributed by atoms with Gasteiger partial charge in [-0.25, -0.2) is 0 Å². The third-order valence-corrected chi connectivity index (χ3v) is 3.56. The maximum absolute atomic E-state index is 12.8. The number of fused-ring (bicyclic) bond motifs is 3. The van der Waals surface area contributed by atoms with Gasteiger partial charge in [0.2, 0.25) is 6.29 Å². The van der Waals surface area contributed by atoms with Crippen LogP contribution in [-0.2, 0) is 15.7 Å². The predicted molar refractivity (Wildman–Crippen MR) is 82.5 cm³/mol. The molecule has 0 aliphatic carbocycles. The fourth-order valence-electron chi connectivity index (χ4n) is 2.51. The zero-order chi connectivity index (χ0) is 17.3. The Morgan fingerprint density at radius 3 is 2.46 bits per heavy atom. The molecule has 2 aromatic heterocycles. The van der Waals surface area contributed by atoms with Gasteiger partial charge in [-0.2, -0.15) is 13.2 Å². The average molecular weight is 339 g/mol. The number of hydrogen-bond donors (Lipinski definition) is 0. The molecule has 0 fully saturated rings. The Balaban J connectivity index is 2.10. The lowest BCUT2D eigenvalue weighted by molar-refractivity contribution is -0.150. The van der Waals surface area contributed by atoms with Gasteiger partial charge < -0.3 is 13.9 Å². The second kappa shape index (κ2) is 6.41. The number of ether oxygens (including phenoxy) is 2. The lowest BCUT2D eigenvalue weighted by Crippen LogP contribution is -2.07. The van der Waals surface area contributed by atoms with E-state index in [0.29, 0.717) is 35.3 Å². The molecule has 2 heterocycles. The summed E-state index contributed by atoms with van der Waals surface area (Å²) in [4.78, 5) is 4.11. The molecular weight excluding hydrogens is 323 g/mol. The van der Waals surface area contributed by atoms with Gasteiger partial charge >= 0.3 is 6.18 Å². The summed E-state index contributed by atoms with van der Waals surface area (Å²) < 4.78 is 55.3. The van der Waals surface area contributed by atoms with E-state index < -0.39 is 18.0 Å². The topological polar surface area (TPSA) is 44.5 Å². The lowest BCUT2D eigenvalue weighted by atomic mass is 10.1. The molecule has 0 saturated carbocycles. The smallest absolute Gasteiger partial charge is 0.416 e. The second-order valence-electron chi connectivity index (χ2n) is 5.16. The first kappa shape index (κ1) is 16.7. The van der Waals surface area contributed by atoms with Crippen molar-refractivity contribution >= 4 is 21.9 Å². The van der Waals surface area contributed by atoms with E-state index in [0.717, 1.165) is 12.1 Å². The van der Waals surface area contributed by atoms with Gasteiger partial charge in [-0.1, -0.05) is 0 Å². The fraction of sp³-hybridized carbons (Fsp3) is 0.353. The quantitative estimate of drug-likeness (QED) is 0.609.